The lowest BCUT2D eigenvalue weighted by atomic mass is 10.2. The Hall–Kier alpha value is -1.49. The number of rotatable bonds is 3. The molecule has 1 heterocycles. The smallest absolute Gasteiger partial charge is 0.412 e. The highest BCUT2D eigenvalue weighted by molar-refractivity contribution is 6.33. The number of aromatic nitrogens is 1. The highest BCUT2D eigenvalue weighted by Crippen LogP contribution is 2.30. The molecule has 0 saturated carbocycles. The molecule has 0 bridgehead atoms. The van der Waals surface area contributed by atoms with Crippen LogP contribution in [0.1, 0.15) is 27.7 Å². The maximum absolute atomic E-state index is 11.7. The lowest BCUT2D eigenvalue weighted by molar-refractivity contribution is 0.0635. The summed E-state index contributed by atoms with van der Waals surface area (Å²) >= 11 is 5.99. The van der Waals surface area contributed by atoms with Gasteiger partial charge in [0.1, 0.15) is 11.3 Å². The summed E-state index contributed by atoms with van der Waals surface area (Å²) in [7, 11) is 0. The number of hydrogen-bond acceptors (Lipinski definition) is 4. The molecule has 0 unspecified atom stereocenters. The number of ether oxygens (including phenoxy) is 2. The Kier molecular flexibility index (Phi) is 4.78. The Labute approximate surface area is 111 Å². The van der Waals surface area contributed by atoms with Gasteiger partial charge in [0.25, 0.3) is 0 Å². The Bertz CT molecular complexity index is 430. The van der Waals surface area contributed by atoms with E-state index in [-0.39, 0.29) is 5.88 Å². The Morgan fingerprint density at radius 1 is 1.50 bits per heavy atom. The summed E-state index contributed by atoms with van der Waals surface area (Å²) < 4.78 is 10.4. The molecule has 0 aliphatic carbocycles. The molecule has 0 radical (unpaired) electrons. The normalized spacial score (nSPS) is 10.9. The van der Waals surface area contributed by atoms with Crippen molar-refractivity contribution in [2.24, 2.45) is 0 Å². The Morgan fingerprint density at radius 2 is 2.17 bits per heavy atom. The Morgan fingerprint density at radius 3 is 2.72 bits per heavy atom. The fourth-order valence-corrected chi connectivity index (χ4v) is 1.37. The van der Waals surface area contributed by atoms with E-state index in [9.17, 15) is 4.79 Å². The molecule has 1 aromatic rings. The molecule has 1 N–H and O–H groups in total. The molecule has 0 aliphatic heterocycles. The third-order valence-electron chi connectivity index (χ3n) is 1.77. The second-order valence-corrected chi connectivity index (χ2v) is 4.94. The molecule has 0 atom stereocenters. The number of carbonyl (C=O) groups excluding carboxylic acids is 1. The molecule has 1 aromatic heterocycles. The molecule has 0 aromatic carbocycles. The van der Waals surface area contributed by atoms with Crippen LogP contribution in [0.25, 0.3) is 0 Å². The van der Waals surface area contributed by atoms with E-state index < -0.39 is 11.7 Å². The number of anilines is 1. The van der Waals surface area contributed by atoms with Crippen LogP contribution in [0.2, 0.25) is 5.02 Å². The van der Waals surface area contributed by atoms with Gasteiger partial charge < -0.3 is 9.47 Å². The van der Waals surface area contributed by atoms with Crippen molar-refractivity contribution < 1.29 is 14.3 Å². The molecule has 100 valence electrons. The average molecular weight is 273 g/mol. The second kappa shape index (κ2) is 5.91. The standard InChI is InChI=1S/C12H17ClN2O3/c1-5-17-10-9(8(13)6-7-14-10)15-11(16)18-12(2,3)4/h6-7H,5H2,1-4H3,(H,15,16). The minimum Gasteiger partial charge on any atom is -0.476 e. The van der Waals surface area contributed by atoms with Crippen LogP contribution >= 0.6 is 11.6 Å². The van der Waals surface area contributed by atoms with Crippen LogP contribution in [0.4, 0.5) is 10.5 Å². The SMILES string of the molecule is CCOc1nccc(Cl)c1NC(=O)OC(C)(C)C. The fourth-order valence-electron chi connectivity index (χ4n) is 1.19. The summed E-state index contributed by atoms with van der Waals surface area (Å²) in [6.07, 6.45) is 0.909. The first-order valence-electron chi connectivity index (χ1n) is 5.61. The first kappa shape index (κ1) is 14.6. The minimum atomic E-state index is -0.599. The summed E-state index contributed by atoms with van der Waals surface area (Å²) in [6.45, 7) is 7.58. The van der Waals surface area contributed by atoms with E-state index in [0.717, 1.165) is 0 Å². The number of pyridine rings is 1. The van der Waals surface area contributed by atoms with Crippen LogP contribution in [-0.2, 0) is 4.74 Å². The van der Waals surface area contributed by atoms with E-state index in [1.807, 2.05) is 6.92 Å². The van der Waals surface area contributed by atoms with Crippen LogP contribution in [-0.4, -0.2) is 23.3 Å². The lowest BCUT2D eigenvalue weighted by Gasteiger charge is -2.20. The van der Waals surface area contributed by atoms with Crippen LogP contribution in [0.5, 0.6) is 5.88 Å². The van der Waals surface area contributed by atoms with Gasteiger partial charge in [0.15, 0.2) is 0 Å². The van der Waals surface area contributed by atoms with Crippen LogP contribution < -0.4 is 10.1 Å². The average Bonchev–Trinajstić information content (AvgIpc) is 2.21. The van der Waals surface area contributed by atoms with Gasteiger partial charge >= 0.3 is 6.09 Å². The van der Waals surface area contributed by atoms with Gasteiger partial charge in [-0.3, -0.25) is 5.32 Å². The van der Waals surface area contributed by atoms with E-state index in [2.05, 4.69) is 10.3 Å². The molecule has 0 aliphatic rings. The van der Waals surface area contributed by atoms with Gasteiger partial charge in [-0.2, -0.15) is 0 Å². The zero-order valence-electron chi connectivity index (χ0n) is 10.9. The van der Waals surface area contributed by atoms with E-state index in [4.69, 9.17) is 21.1 Å². The van der Waals surface area contributed by atoms with Crippen molar-refractivity contribution in [1.29, 1.82) is 0 Å². The molecular weight excluding hydrogens is 256 g/mol. The first-order chi connectivity index (χ1) is 8.33. The van der Waals surface area contributed by atoms with Gasteiger partial charge in [-0.05, 0) is 33.8 Å². The number of nitrogens with zero attached hydrogens (tertiary/aromatic N) is 1. The molecule has 1 rings (SSSR count). The maximum Gasteiger partial charge on any atom is 0.412 e. The van der Waals surface area contributed by atoms with Crippen molar-refractivity contribution in [3.05, 3.63) is 17.3 Å². The third-order valence-corrected chi connectivity index (χ3v) is 2.09. The predicted octanol–water partition coefficient (Wildman–Crippen LogP) is 3.48. The van der Waals surface area contributed by atoms with Crippen molar-refractivity contribution in [2.45, 2.75) is 33.3 Å². The summed E-state index contributed by atoms with van der Waals surface area (Å²) in [6, 6.07) is 1.57. The molecule has 6 heteroatoms. The molecular formula is C12H17ClN2O3. The number of carbonyl (C=O) groups is 1. The molecule has 0 spiro atoms. The zero-order valence-corrected chi connectivity index (χ0v) is 11.7. The lowest BCUT2D eigenvalue weighted by Crippen LogP contribution is -2.27. The van der Waals surface area contributed by atoms with Crippen LogP contribution in [0.3, 0.4) is 0 Å². The van der Waals surface area contributed by atoms with Crippen molar-refractivity contribution in [3.8, 4) is 5.88 Å². The molecule has 18 heavy (non-hydrogen) atoms. The van der Waals surface area contributed by atoms with Gasteiger partial charge in [0.05, 0.1) is 11.6 Å². The number of nitrogens with one attached hydrogen (secondary N) is 1. The summed E-state index contributed by atoms with van der Waals surface area (Å²) in [4.78, 5) is 15.7. The first-order valence-corrected chi connectivity index (χ1v) is 5.98. The second-order valence-electron chi connectivity index (χ2n) is 4.53. The van der Waals surface area contributed by atoms with E-state index in [1.54, 1.807) is 26.8 Å². The largest absolute Gasteiger partial charge is 0.476 e. The topological polar surface area (TPSA) is 60.5 Å². The zero-order chi connectivity index (χ0) is 13.8. The molecule has 0 fully saturated rings. The molecule has 5 nitrogen and oxygen atoms in total. The van der Waals surface area contributed by atoms with Gasteiger partial charge in [-0.15, -0.1) is 0 Å². The van der Waals surface area contributed by atoms with Crippen molar-refractivity contribution in [1.82, 2.24) is 4.98 Å². The number of hydrogen-bond donors (Lipinski definition) is 1. The number of amides is 1. The quantitative estimate of drug-likeness (QED) is 0.915. The van der Waals surface area contributed by atoms with Crippen molar-refractivity contribution >= 4 is 23.4 Å². The highest BCUT2D eigenvalue weighted by atomic mass is 35.5. The molecule has 0 saturated heterocycles. The van der Waals surface area contributed by atoms with Crippen LogP contribution in [0, 0.1) is 0 Å². The Balaban J connectivity index is 2.86. The number of halogens is 1. The van der Waals surface area contributed by atoms with Gasteiger partial charge in [-0.25, -0.2) is 9.78 Å². The summed E-state index contributed by atoms with van der Waals surface area (Å²) in [5, 5.41) is 2.89. The maximum atomic E-state index is 11.7. The van der Waals surface area contributed by atoms with E-state index in [0.29, 0.717) is 17.3 Å². The minimum absolute atomic E-state index is 0.274. The monoisotopic (exact) mass is 272 g/mol. The predicted molar refractivity (Wildman–Crippen MR) is 70.3 cm³/mol. The highest BCUT2D eigenvalue weighted by Gasteiger charge is 2.19. The molecule has 1 amide bonds. The fraction of sp³-hybridized carbons (Fsp3) is 0.500. The van der Waals surface area contributed by atoms with E-state index in [1.165, 1.54) is 6.20 Å². The summed E-state index contributed by atoms with van der Waals surface area (Å²) in [5.74, 6) is 0.274. The van der Waals surface area contributed by atoms with Crippen molar-refractivity contribution in [2.75, 3.05) is 11.9 Å². The third kappa shape index (κ3) is 4.41. The summed E-state index contributed by atoms with van der Waals surface area (Å²) in [5.41, 5.74) is -0.264. The van der Waals surface area contributed by atoms with Crippen LogP contribution in [0.15, 0.2) is 12.3 Å². The van der Waals surface area contributed by atoms with Gasteiger partial charge in [0.2, 0.25) is 5.88 Å². The van der Waals surface area contributed by atoms with Gasteiger partial charge in [0, 0.05) is 6.20 Å². The van der Waals surface area contributed by atoms with Gasteiger partial charge in [-0.1, -0.05) is 11.6 Å². The van der Waals surface area contributed by atoms with Crippen molar-refractivity contribution in [3.63, 3.8) is 0 Å². The van der Waals surface area contributed by atoms with E-state index >= 15 is 0 Å².